The first kappa shape index (κ1) is 23.8. The molecule has 1 aromatic carbocycles. The largest absolute Gasteiger partial charge is 0.486 e. The van der Waals surface area contributed by atoms with Gasteiger partial charge in [-0.25, -0.2) is 4.79 Å². The second kappa shape index (κ2) is 7.95. The maximum absolute atomic E-state index is 13.7. The molecule has 3 atom stereocenters. The smallest absolute Gasteiger partial charge is 0.419 e. The topological polar surface area (TPSA) is 89.9 Å². The van der Waals surface area contributed by atoms with E-state index in [4.69, 9.17) is 14.0 Å². The van der Waals surface area contributed by atoms with Crippen molar-refractivity contribution in [2.45, 2.75) is 58.2 Å². The highest BCUT2D eigenvalue weighted by Crippen LogP contribution is 2.59. The third-order valence-electron chi connectivity index (χ3n) is 6.45. The Morgan fingerprint density at radius 1 is 1.23 bits per heavy atom. The van der Waals surface area contributed by atoms with E-state index in [1.54, 1.807) is 0 Å². The molecule has 0 heterocycles. The maximum atomic E-state index is 13.7. The van der Waals surface area contributed by atoms with Crippen LogP contribution in [0, 0.1) is 17.3 Å². The van der Waals surface area contributed by atoms with Crippen molar-refractivity contribution in [2.24, 2.45) is 17.3 Å². The van der Waals surface area contributed by atoms with Crippen molar-refractivity contribution in [1.29, 1.82) is 0 Å². The minimum absolute atomic E-state index is 0.129. The summed E-state index contributed by atoms with van der Waals surface area (Å²) >= 11 is 0. The number of alkyl halides is 3. The number of carbonyl (C=O) groups excluding carboxylic acids is 1. The summed E-state index contributed by atoms with van der Waals surface area (Å²) in [6.07, 6.45) is -1.18. The SMILES string of the molecule is CC(C)(C)C1(Oc2cc(C(=O)OCCS(=O)(=O)O)ccc2C(F)(F)F)CC2CCC1C2. The molecule has 31 heavy (non-hydrogen) atoms. The first-order chi connectivity index (χ1) is 14.1. The summed E-state index contributed by atoms with van der Waals surface area (Å²) in [6.45, 7) is 5.24. The zero-order valence-corrected chi connectivity index (χ0v) is 18.5. The van der Waals surface area contributed by atoms with Gasteiger partial charge >= 0.3 is 12.1 Å². The van der Waals surface area contributed by atoms with E-state index < -0.39 is 57.0 Å². The Kier molecular flexibility index (Phi) is 6.12. The Balaban J connectivity index is 1.94. The predicted molar refractivity (Wildman–Crippen MR) is 106 cm³/mol. The van der Waals surface area contributed by atoms with Crippen molar-refractivity contribution in [3.8, 4) is 5.75 Å². The second-order valence-electron chi connectivity index (χ2n) is 9.45. The van der Waals surface area contributed by atoms with Gasteiger partial charge in [0, 0.05) is 5.41 Å². The lowest BCUT2D eigenvalue weighted by atomic mass is 9.67. The van der Waals surface area contributed by atoms with Gasteiger partial charge in [-0.15, -0.1) is 0 Å². The Bertz CT molecular complexity index is 951. The van der Waals surface area contributed by atoms with Crippen LogP contribution in [-0.2, 0) is 21.0 Å². The number of ether oxygens (including phenoxy) is 2. The van der Waals surface area contributed by atoms with E-state index in [0.29, 0.717) is 12.3 Å². The summed E-state index contributed by atoms with van der Waals surface area (Å²) in [5, 5.41) is 0. The third kappa shape index (κ3) is 5.00. The highest BCUT2D eigenvalue weighted by molar-refractivity contribution is 7.85. The summed E-state index contributed by atoms with van der Waals surface area (Å²) in [5.74, 6) is -1.70. The molecule has 1 N–H and O–H groups in total. The molecule has 2 bridgehead atoms. The van der Waals surface area contributed by atoms with Crippen molar-refractivity contribution >= 4 is 16.1 Å². The molecule has 174 valence electrons. The Hall–Kier alpha value is -1.81. The quantitative estimate of drug-likeness (QED) is 0.483. The van der Waals surface area contributed by atoms with E-state index >= 15 is 0 Å². The number of esters is 1. The van der Waals surface area contributed by atoms with Gasteiger partial charge in [-0.2, -0.15) is 21.6 Å². The molecule has 10 heteroatoms. The summed E-state index contributed by atoms with van der Waals surface area (Å²) in [7, 11) is -4.33. The normalized spacial score (nSPS) is 26.2. The van der Waals surface area contributed by atoms with Crippen LogP contribution in [0.1, 0.15) is 62.4 Å². The molecule has 2 aliphatic rings. The van der Waals surface area contributed by atoms with Crippen LogP contribution in [0.25, 0.3) is 0 Å². The lowest BCUT2D eigenvalue weighted by Gasteiger charge is -2.48. The van der Waals surface area contributed by atoms with Crippen LogP contribution in [0.3, 0.4) is 0 Å². The number of carbonyl (C=O) groups is 1. The fraction of sp³-hybridized carbons (Fsp3) is 0.667. The van der Waals surface area contributed by atoms with Gasteiger partial charge in [-0.3, -0.25) is 4.55 Å². The Morgan fingerprint density at radius 3 is 2.39 bits per heavy atom. The average molecular weight is 465 g/mol. The predicted octanol–water partition coefficient (Wildman–Crippen LogP) is 4.73. The van der Waals surface area contributed by atoms with Gasteiger partial charge in [-0.1, -0.05) is 20.8 Å². The minimum Gasteiger partial charge on any atom is -0.486 e. The fourth-order valence-electron chi connectivity index (χ4n) is 4.96. The lowest BCUT2D eigenvalue weighted by molar-refractivity contribution is -0.143. The maximum Gasteiger partial charge on any atom is 0.419 e. The van der Waals surface area contributed by atoms with E-state index in [1.807, 2.05) is 20.8 Å². The zero-order valence-electron chi connectivity index (χ0n) is 17.7. The monoisotopic (exact) mass is 464 g/mol. The van der Waals surface area contributed by atoms with Crippen LogP contribution in [0.4, 0.5) is 13.2 Å². The van der Waals surface area contributed by atoms with Crippen molar-refractivity contribution in [2.75, 3.05) is 12.4 Å². The van der Waals surface area contributed by atoms with Crippen molar-refractivity contribution in [3.05, 3.63) is 29.3 Å². The van der Waals surface area contributed by atoms with Crippen LogP contribution < -0.4 is 4.74 Å². The van der Waals surface area contributed by atoms with E-state index in [9.17, 15) is 26.4 Å². The summed E-state index contributed by atoms with van der Waals surface area (Å²) in [4.78, 5) is 12.2. The summed E-state index contributed by atoms with van der Waals surface area (Å²) in [6, 6.07) is 2.76. The number of hydrogen-bond donors (Lipinski definition) is 1. The van der Waals surface area contributed by atoms with Gasteiger partial charge in [-0.05, 0) is 55.7 Å². The van der Waals surface area contributed by atoms with Crippen LogP contribution in [0.2, 0.25) is 0 Å². The highest BCUT2D eigenvalue weighted by Gasteiger charge is 2.59. The lowest BCUT2D eigenvalue weighted by Crippen LogP contribution is -2.52. The summed E-state index contributed by atoms with van der Waals surface area (Å²) < 4.78 is 82.4. The molecule has 2 fully saturated rings. The van der Waals surface area contributed by atoms with Crippen LogP contribution in [0.15, 0.2) is 18.2 Å². The van der Waals surface area contributed by atoms with Gasteiger partial charge in [0.15, 0.2) is 0 Å². The van der Waals surface area contributed by atoms with Gasteiger partial charge in [0.05, 0.1) is 11.1 Å². The molecule has 1 aromatic rings. The molecule has 2 aliphatic carbocycles. The van der Waals surface area contributed by atoms with Gasteiger partial charge in [0.25, 0.3) is 10.1 Å². The van der Waals surface area contributed by atoms with E-state index in [2.05, 4.69) is 0 Å². The highest BCUT2D eigenvalue weighted by atomic mass is 32.2. The molecule has 0 spiro atoms. The van der Waals surface area contributed by atoms with Gasteiger partial charge in [0.1, 0.15) is 23.7 Å². The number of fused-ring (bicyclic) bond motifs is 2. The molecule has 2 saturated carbocycles. The standard InChI is InChI=1S/C21H27F3O6S/c1-19(2,3)20(12-13-4-6-15(20)10-13)30-17-11-14(5-7-16(17)21(22,23)24)18(25)29-8-9-31(26,27)28/h5,7,11,13,15H,4,6,8-10,12H2,1-3H3,(H,26,27,28). The minimum atomic E-state index is -4.68. The molecular weight excluding hydrogens is 437 g/mol. The molecule has 3 rings (SSSR count). The molecule has 0 amide bonds. The van der Waals surface area contributed by atoms with Crippen LogP contribution >= 0.6 is 0 Å². The van der Waals surface area contributed by atoms with Crippen molar-refractivity contribution < 1.29 is 40.4 Å². The number of benzene rings is 1. The third-order valence-corrected chi connectivity index (χ3v) is 7.13. The molecular formula is C21H27F3O6S. The van der Waals surface area contributed by atoms with Crippen molar-refractivity contribution in [1.82, 2.24) is 0 Å². The fourth-order valence-corrected chi connectivity index (χ4v) is 5.26. The number of rotatable bonds is 6. The van der Waals surface area contributed by atoms with E-state index in [0.717, 1.165) is 37.5 Å². The number of halogens is 3. The number of hydrogen-bond acceptors (Lipinski definition) is 5. The molecule has 6 nitrogen and oxygen atoms in total. The van der Waals surface area contributed by atoms with Crippen molar-refractivity contribution in [3.63, 3.8) is 0 Å². The molecule has 3 unspecified atom stereocenters. The Morgan fingerprint density at radius 2 is 1.90 bits per heavy atom. The molecule has 0 radical (unpaired) electrons. The zero-order chi connectivity index (χ0) is 23.2. The molecule has 0 aromatic heterocycles. The van der Waals surface area contributed by atoms with E-state index in [1.165, 1.54) is 0 Å². The van der Waals surface area contributed by atoms with Crippen LogP contribution in [-0.4, -0.2) is 36.9 Å². The van der Waals surface area contributed by atoms with Gasteiger partial charge in [0.2, 0.25) is 0 Å². The Labute approximate surface area is 179 Å². The first-order valence-electron chi connectivity index (χ1n) is 10.1. The second-order valence-corrected chi connectivity index (χ2v) is 11.0. The first-order valence-corrected chi connectivity index (χ1v) is 11.8. The molecule has 0 aliphatic heterocycles. The summed E-state index contributed by atoms with van der Waals surface area (Å²) in [5.41, 5.74) is -2.38. The average Bonchev–Trinajstić information content (AvgIpc) is 3.20. The van der Waals surface area contributed by atoms with Gasteiger partial charge < -0.3 is 9.47 Å². The molecule has 0 saturated heterocycles. The van der Waals surface area contributed by atoms with Crippen LogP contribution in [0.5, 0.6) is 5.75 Å². The van der Waals surface area contributed by atoms with E-state index in [-0.39, 0.29) is 11.5 Å².